The molecule has 3 aromatic rings. The van der Waals surface area contributed by atoms with Gasteiger partial charge in [-0.2, -0.15) is 4.98 Å². The average Bonchev–Trinajstić information content (AvgIpc) is 3.81. The Balaban J connectivity index is 1.36. The van der Waals surface area contributed by atoms with Crippen molar-refractivity contribution in [1.82, 2.24) is 34.0 Å². The Morgan fingerprint density at radius 3 is 2.53 bits per heavy atom. The predicted molar refractivity (Wildman–Crippen MR) is 183 cm³/mol. The lowest BCUT2D eigenvalue weighted by atomic mass is 10.1. The first-order chi connectivity index (χ1) is 25.9. The highest BCUT2D eigenvalue weighted by molar-refractivity contribution is 7.47. The number of nitrogens with zero attached hydrogens (tertiary/aromatic N) is 7. The van der Waals surface area contributed by atoms with E-state index < -0.39 is 102 Å². The maximum absolute atomic E-state index is 13.4. The normalized spacial score (nSPS) is 25.7. The zero-order valence-electron chi connectivity index (χ0n) is 28.9. The zero-order chi connectivity index (χ0) is 40.2. The van der Waals surface area contributed by atoms with Gasteiger partial charge in [-0.25, -0.2) is 33.7 Å². The van der Waals surface area contributed by atoms with Crippen molar-refractivity contribution < 1.29 is 71.4 Å². The number of amides is 1. The van der Waals surface area contributed by atoms with E-state index in [9.17, 15) is 48.4 Å². The van der Waals surface area contributed by atoms with Gasteiger partial charge >= 0.3 is 27.3 Å². The van der Waals surface area contributed by atoms with Gasteiger partial charge in [0.05, 0.1) is 26.1 Å². The van der Waals surface area contributed by atoms with Crippen LogP contribution in [0.15, 0.2) is 42.4 Å². The van der Waals surface area contributed by atoms with Crippen molar-refractivity contribution in [3.63, 3.8) is 0 Å². The van der Waals surface area contributed by atoms with Crippen LogP contribution in [0, 0.1) is 0 Å². The van der Waals surface area contributed by atoms with Gasteiger partial charge in [-0.3, -0.25) is 27.5 Å². The molecule has 0 radical (unpaired) electrons. The van der Waals surface area contributed by atoms with Gasteiger partial charge in [-0.1, -0.05) is 6.08 Å². The topological polar surface area (TPSA) is 359 Å². The first kappa shape index (κ1) is 41.9. The number of phosphoric ester groups is 2. The molecule has 3 aromatic heterocycles. The molecule has 27 heteroatoms. The van der Waals surface area contributed by atoms with Gasteiger partial charge in [0.25, 0.3) is 0 Å². The van der Waals surface area contributed by atoms with Crippen LogP contribution in [0.5, 0.6) is 0 Å². The van der Waals surface area contributed by atoms with Crippen LogP contribution in [0.4, 0.5) is 11.6 Å². The molecule has 5 rings (SSSR count). The molecule has 9 atom stereocenters. The smallest absolute Gasteiger partial charge is 0.455 e. The number of aliphatic hydroxyl groups excluding tert-OH is 2. The zero-order valence-corrected chi connectivity index (χ0v) is 30.7. The van der Waals surface area contributed by atoms with Crippen molar-refractivity contribution in [1.29, 1.82) is 0 Å². The molecule has 2 aliphatic heterocycles. The van der Waals surface area contributed by atoms with Crippen molar-refractivity contribution in [3.05, 3.63) is 48.1 Å². The van der Waals surface area contributed by atoms with Gasteiger partial charge in [0.15, 0.2) is 29.8 Å². The number of carbonyl (C=O) groups excluding carboxylic acids is 2. The molecule has 302 valence electrons. The average molecular weight is 820 g/mol. The summed E-state index contributed by atoms with van der Waals surface area (Å²) in [6.07, 6.45) is -5.66. The van der Waals surface area contributed by atoms with Crippen LogP contribution in [0.3, 0.4) is 0 Å². The number of hydrogen-bond donors (Lipinski definition) is 7. The summed E-state index contributed by atoms with van der Waals surface area (Å²) in [6, 6.07) is -0.270. The molecule has 1 unspecified atom stereocenters. The maximum Gasteiger partial charge on any atom is 0.472 e. The molecule has 2 fully saturated rings. The molecule has 55 heavy (non-hydrogen) atoms. The summed E-state index contributed by atoms with van der Waals surface area (Å²) in [6.45, 7) is 0.898. The minimum Gasteiger partial charge on any atom is -0.455 e. The van der Waals surface area contributed by atoms with Crippen LogP contribution in [0.25, 0.3) is 11.2 Å². The summed E-state index contributed by atoms with van der Waals surface area (Å²) in [5.74, 6) is -1.82. The van der Waals surface area contributed by atoms with E-state index in [0.29, 0.717) is 0 Å². The fourth-order valence-electron chi connectivity index (χ4n) is 5.75. The van der Waals surface area contributed by atoms with Crippen LogP contribution in [-0.4, -0.2) is 134 Å². The van der Waals surface area contributed by atoms with Gasteiger partial charge in [0, 0.05) is 26.1 Å². The number of likely N-dealkylation sites (N-methyl/N-ethyl adjacent to an activating group) is 1. The summed E-state index contributed by atoms with van der Waals surface area (Å²) in [4.78, 5) is 84.3. The molecule has 2 aliphatic rings. The number of aliphatic hydroxyl groups is 2. The van der Waals surface area contributed by atoms with E-state index in [1.165, 1.54) is 36.3 Å². The number of fused-ring (bicyclic) bond motifs is 1. The SMILES string of the molecule is C=CCCC(=O)N(C)[C@@H](CO)C(=O)O[C@H]1[C@@H](O)[C@H](n2cnc3c(N)ncnc32)O[C@@H]1COP(=O)(O)O[C@H]1C[C@H](n2ccc(N)nc2=O)O[C@@H]1COP(=O)(O)O. The minimum absolute atomic E-state index is 0.00688. The van der Waals surface area contributed by atoms with E-state index in [1.807, 2.05) is 0 Å². The number of anilines is 2. The third kappa shape index (κ3) is 9.96. The third-order valence-corrected chi connectivity index (χ3v) is 10.0. The molecule has 1 amide bonds. The Kier molecular flexibility index (Phi) is 13.2. The highest BCUT2D eigenvalue weighted by atomic mass is 31.2. The molecule has 9 N–H and O–H groups in total. The molecular formula is C28H39N9O16P2. The molecule has 2 saturated heterocycles. The number of nitrogen functional groups attached to an aromatic ring is 2. The lowest BCUT2D eigenvalue weighted by Crippen LogP contribution is -2.49. The summed E-state index contributed by atoms with van der Waals surface area (Å²) >= 11 is 0. The van der Waals surface area contributed by atoms with Gasteiger partial charge in [-0.15, -0.1) is 6.58 Å². The molecule has 0 spiro atoms. The van der Waals surface area contributed by atoms with Crippen molar-refractivity contribution in [2.75, 3.05) is 38.3 Å². The van der Waals surface area contributed by atoms with Crippen molar-refractivity contribution in [2.24, 2.45) is 0 Å². The second-order valence-electron chi connectivity index (χ2n) is 12.2. The molecule has 0 aliphatic carbocycles. The Morgan fingerprint density at radius 1 is 1.13 bits per heavy atom. The Morgan fingerprint density at radius 2 is 1.85 bits per heavy atom. The number of imidazole rings is 1. The number of allylic oxidation sites excluding steroid dienone is 1. The number of hydrogen-bond acceptors (Lipinski definition) is 19. The van der Waals surface area contributed by atoms with Crippen molar-refractivity contribution in [2.45, 2.75) is 68.3 Å². The fraction of sp³-hybridized carbons (Fsp3) is 0.536. The van der Waals surface area contributed by atoms with Crippen LogP contribution < -0.4 is 17.2 Å². The summed E-state index contributed by atoms with van der Waals surface area (Å²) in [5.41, 5.74) is 10.8. The monoisotopic (exact) mass is 819 g/mol. The first-order valence-corrected chi connectivity index (χ1v) is 19.3. The Bertz CT molecular complexity index is 2030. The number of carbonyl (C=O) groups is 2. The molecule has 0 saturated carbocycles. The van der Waals surface area contributed by atoms with Crippen molar-refractivity contribution in [3.8, 4) is 0 Å². The molecular weight excluding hydrogens is 780 g/mol. The van der Waals surface area contributed by atoms with Crippen LogP contribution >= 0.6 is 15.6 Å². The second kappa shape index (κ2) is 17.3. The van der Waals surface area contributed by atoms with Crippen LogP contribution in [-0.2, 0) is 46.5 Å². The summed E-state index contributed by atoms with van der Waals surface area (Å²) < 4.78 is 59.2. The van der Waals surface area contributed by atoms with E-state index in [4.69, 9.17) is 34.7 Å². The number of esters is 1. The minimum atomic E-state index is -5.22. The van der Waals surface area contributed by atoms with Gasteiger partial charge < -0.3 is 55.5 Å². The van der Waals surface area contributed by atoms with E-state index in [-0.39, 0.29) is 42.1 Å². The quantitative estimate of drug-likeness (QED) is 0.0444. The largest absolute Gasteiger partial charge is 0.472 e. The summed E-state index contributed by atoms with van der Waals surface area (Å²) in [5, 5.41) is 21.5. The molecule has 0 bridgehead atoms. The number of phosphoric acid groups is 2. The van der Waals surface area contributed by atoms with E-state index >= 15 is 0 Å². The Labute approximate surface area is 310 Å². The van der Waals surface area contributed by atoms with Crippen molar-refractivity contribution >= 4 is 50.3 Å². The number of aromatic nitrogens is 6. The lowest BCUT2D eigenvalue weighted by molar-refractivity contribution is -0.166. The van der Waals surface area contributed by atoms with E-state index in [2.05, 4.69) is 31.0 Å². The highest BCUT2D eigenvalue weighted by Gasteiger charge is 2.50. The van der Waals surface area contributed by atoms with Gasteiger partial charge in [0.1, 0.15) is 48.3 Å². The predicted octanol–water partition coefficient (Wildman–Crippen LogP) is -1.90. The Hall–Kier alpha value is -4.23. The molecule has 25 nitrogen and oxygen atoms in total. The lowest BCUT2D eigenvalue weighted by Gasteiger charge is -2.28. The van der Waals surface area contributed by atoms with E-state index in [1.54, 1.807) is 0 Å². The highest BCUT2D eigenvalue weighted by Crippen LogP contribution is 2.50. The number of nitrogens with two attached hydrogens (primary N) is 2. The molecule has 5 heterocycles. The number of rotatable bonds is 17. The molecule has 0 aromatic carbocycles. The van der Waals surface area contributed by atoms with Gasteiger partial charge in [-0.05, 0) is 12.5 Å². The fourth-order valence-corrected chi connectivity index (χ4v) is 7.05. The summed E-state index contributed by atoms with van der Waals surface area (Å²) in [7, 11) is -9.02. The third-order valence-electron chi connectivity index (χ3n) is 8.51. The van der Waals surface area contributed by atoms with Crippen LogP contribution in [0.1, 0.15) is 31.7 Å². The number of ether oxygens (including phenoxy) is 3. The first-order valence-electron chi connectivity index (χ1n) is 16.2. The maximum atomic E-state index is 13.4. The van der Waals surface area contributed by atoms with Crippen LogP contribution in [0.2, 0.25) is 0 Å². The second-order valence-corrected chi connectivity index (χ2v) is 14.8. The van der Waals surface area contributed by atoms with E-state index in [0.717, 1.165) is 15.8 Å². The standard InChI is InChI=1S/C28H39N9O16P2/c1-3-4-5-19(39)35(2)14(9-38)27(41)52-23-17(51-26(22(23)40)37-13-33-21-24(30)31-12-32-25(21)37)11-49-55(46,47)53-15-8-20(36-7-6-18(29)34-28(36)42)50-16(15)10-48-54(43,44)45/h3,6-7,12-17,20,22-23,26,38,40H,1,4-5,8-11H2,2H3,(H,46,47)(H2,29,34,42)(H2,30,31,32)(H2,43,44,45)/t14-,15-,16+,17+,20+,22+,23+,26+/m0/s1. The van der Waals surface area contributed by atoms with Gasteiger partial charge in [0.2, 0.25) is 5.91 Å².